The van der Waals surface area contributed by atoms with E-state index in [1.54, 1.807) is 7.11 Å². The van der Waals surface area contributed by atoms with E-state index in [0.717, 1.165) is 19.3 Å². The largest absolute Gasteiger partial charge is 0.465 e. The third-order valence-corrected chi connectivity index (χ3v) is 4.06. The molecule has 0 radical (unpaired) electrons. The topological polar surface area (TPSA) is 90.7 Å². The highest BCUT2D eigenvalue weighted by atomic mass is 16.6. The minimum atomic E-state index is -0.520. The molecule has 22 heavy (non-hydrogen) atoms. The SMILES string of the molecule is COC(=O)c1ccc([N+](=O)[O-])c(NCC2CCCC2OC)c1. The molecule has 0 aromatic heterocycles. The Balaban J connectivity index is 2.16. The minimum absolute atomic E-state index is 0.0559. The van der Waals surface area contributed by atoms with E-state index in [9.17, 15) is 14.9 Å². The summed E-state index contributed by atoms with van der Waals surface area (Å²) in [6, 6.07) is 4.17. The molecule has 1 aromatic carbocycles. The van der Waals surface area contributed by atoms with E-state index in [2.05, 4.69) is 10.1 Å². The zero-order valence-corrected chi connectivity index (χ0v) is 12.7. The normalized spacial score (nSPS) is 20.6. The van der Waals surface area contributed by atoms with Crippen LogP contribution in [0.2, 0.25) is 0 Å². The molecule has 1 N–H and O–H groups in total. The number of carbonyl (C=O) groups is 1. The van der Waals surface area contributed by atoms with Crippen LogP contribution in [0.4, 0.5) is 11.4 Å². The standard InChI is InChI=1S/C15H20N2O5/c1-21-14-5-3-4-11(14)9-16-12-8-10(15(18)22-2)6-7-13(12)17(19)20/h6-8,11,14,16H,3-5,9H2,1-2H3. The number of carbonyl (C=O) groups excluding carboxylic acids is 1. The van der Waals surface area contributed by atoms with Crippen LogP contribution in [0.15, 0.2) is 18.2 Å². The summed E-state index contributed by atoms with van der Waals surface area (Å²) in [7, 11) is 2.96. The Morgan fingerprint density at radius 1 is 1.41 bits per heavy atom. The maximum atomic E-state index is 11.6. The van der Waals surface area contributed by atoms with Crippen molar-refractivity contribution in [2.45, 2.75) is 25.4 Å². The van der Waals surface area contributed by atoms with Crippen molar-refractivity contribution in [2.24, 2.45) is 5.92 Å². The number of nitro groups is 1. The predicted octanol–water partition coefficient (Wildman–Crippen LogP) is 2.61. The van der Waals surface area contributed by atoms with Gasteiger partial charge in [0.05, 0.1) is 23.7 Å². The molecule has 1 aliphatic carbocycles. The molecule has 2 rings (SSSR count). The van der Waals surface area contributed by atoms with Crippen molar-refractivity contribution in [3.63, 3.8) is 0 Å². The number of ether oxygens (including phenoxy) is 2. The van der Waals surface area contributed by atoms with Crippen LogP contribution < -0.4 is 5.32 Å². The lowest BCUT2D eigenvalue weighted by atomic mass is 10.1. The number of esters is 1. The molecule has 0 saturated heterocycles. The van der Waals surface area contributed by atoms with E-state index in [1.807, 2.05) is 0 Å². The molecule has 0 amide bonds. The Morgan fingerprint density at radius 3 is 2.82 bits per heavy atom. The number of nitro benzene ring substituents is 1. The van der Waals surface area contributed by atoms with Gasteiger partial charge in [0, 0.05) is 25.6 Å². The molecule has 2 atom stereocenters. The summed E-state index contributed by atoms with van der Waals surface area (Å²) >= 11 is 0. The summed E-state index contributed by atoms with van der Waals surface area (Å²) in [4.78, 5) is 22.2. The van der Waals surface area contributed by atoms with Crippen LogP contribution in [0.1, 0.15) is 29.6 Å². The predicted molar refractivity (Wildman–Crippen MR) is 81.1 cm³/mol. The lowest BCUT2D eigenvalue weighted by molar-refractivity contribution is -0.384. The fourth-order valence-electron chi connectivity index (χ4n) is 2.87. The molecule has 1 aromatic rings. The first kappa shape index (κ1) is 16.2. The smallest absolute Gasteiger partial charge is 0.337 e. The van der Waals surface area contributed by atoms with Gasteiger partial charge in [0.1, 0.15) is 5.69 Å². The van der Waals surface area contributed by atoms with Crippen LogP contribution in [0.5, 0.6) is 0 Å². The van der Waals surface area contributed by atoms with Crippen molar-refractivity contribution in [3.05, 3.63) is 33.9 Å². The van der Waals surface area contributed by atoms with E-state index < -0.39 is 10.9 Å². The van der Waals surface area contributed by atoms with Gasteiger partial charge < -0.3 is 14.8 Å². The number of rotatable bonds is 6. The highest BCUT2D eigenvalue weighted by molar-refractivity contribution is 5.91. The van der Waals surface area contributed by atoms with Gasteiger partial charge in [-0.25, -0.2) is 4.79 Å². The lowest BCUT2D eigenvalue weighted by Crippen LogP contribution is -2.24. The van der Waals surface area contributed by atoms with Gasteiger partial charge in [-0.1, -0.05) is 6.42 Å². The Bertz CT molecular complexity index is 561. The molecule has 7 heteroatoms. The summed E-state index contributed by atoms with van der Waals surface area (Å²) in [6.07, 6.45) is 3.30. The summed E-state index contributed by atoms with van der Waals surface area (Å²) < 4.78 is 10.1. The van der Waals surface area contributed by atoms with Crippen molar-refractivity contribution in [1.82, 2.24) is 0 Å². The van der Waals surface area contributed by atoms with Gasteiger partial charge in [0.25, 0.3) is 5.69 Å². The maximum absolute atomic E-state index is 11.6. The van der Waals surface area contributed by atoms with Crippen LogP contribution in [0.25, 0.3) is 0 Å². The van der Waals surface area contributed by atoms with E-state index in [4.69, 9.17) is 4.74 Å². The van der Waals surface area contributed by atoms with Gasteiger partial charge >= 0.3 is 5.97 Å². The van der Waals surface area contributed by atoms with Crippen molar-refractivity contribution >= 4 is 17.3 Å². The number of anilines is 1. The Labute approximate surface area is 128 Å². The maximum Gasteiger partial charge on any atom is 0.337 e. The molecule has 1 saturated carbocycles. The minimum Gasteiger partial charge on any atom is -0.465 e. The first-order chi connectivity index (χ1) is 10.6. The van der Waals surface area contributed by atoms with Gasteiger partial charge in [-0.05, 0) is 25.0 Å². The molecule has 1 aliphatic rings. The molecule has 2 unspecified atom stereocenters. The average Bonchev–Trinajstić information content (AvgIpc) is 2.99. The van der Waals surface area contributed by atoms with Crippen LogP contribution in [-0.2, 0) is 9.47 Å². The van der Waals surface area contributed by atoms with Gasteiger partial charge in [-0.15, -0.1) is 0 Å². The first-order valence-corrected chi connectivity index (χ1v) is 7.20. The summed E-state index contributed by atoms with van der Waals surface area (Å²) in [5, 5.41) is 14.2. The van der Waals surface area contributed by atoms with E-state index >= 15 is 0 Å². The van der Waals surface area contributed by atoms with Crippen LogP contribution in [0.3, 0.4) is 0 Å². The fourth-order valence-corrected chi connectivity index (χ4v) is 2.87. The number of nitrogens with one attached hydrogen (secondary N) is 1. The zero-order chi connectivity index (χ0) is 16.1. The molecule has 7 nitrogen and oxygen atoms in total. The Morgan fingerprint density at radius 2 is 2.18 bits per heavy atom. The van der Waals surface area contributed by atoms with Gasteiger partial charge in [0.15, 0.2) is 0 Å². The van der Waals surface area contributed by atoms with Gasteiger partial charge in [-0.2, -0.15) is 0 Å². The van der Waals surface area contributed by atoms with Crippen LogP contribution in [-0.4, -0.2) is 37.8 Å². The summed E-state index contributed by atoms with van der Waals surface area (Å²) in [6.45, 7) is 0.573. The fraction of sp³-hybridized carbons (Fsp3) is 0.533. The molecule has 120 valence electrons. The average molecular weight is 308 g/mol. The highest BCUT2D eigenvalue weighted by Crippen LogP contribution is 2.30. The Kier molecular flexibility index (Phi) is 5.32. The van der Waals surface area contributed by atoms with Crippen molar-refractivity contribution < 1.29 is 19.2 Å². The second kappa shape index (κ2) is 7.22. The first-order valence-electron chi connectivity index (χ1n) is 7.20. The summed E-state index contributed by atoms with van der Waals surface area (Å²) in [5.41, 5.74) is 0.555. The van der Waals surface area contributed by atoms with E-state index in [1.165, 1.54) is 25.3 Å². The molecule has 0 bridgehead atoms. The second-order valence-electron chi connectivity index (χ2n) is 5.33. The quantitative estimate of drug-likeness (QED) is 0.493. The molecule has 0 spiro atoms. The number of nitrogens with zero attached hydrogens (tertiary/aromatic N) is 1. The summed E-state index contributed by atoms with van der Waals surface area (Å²) in [5.74, 6) is -0.208. The molecular formula is C15H20N2O5. The number of hydrogen-bond donors (Lipinski definition) is 1. The van der Waals surface area contributed by atoms with Crippen LogP contribution >= 0.6 is 0 Å². The number of benzene rings is 1. The van der Waals surface area contributed by atoms with Crippen molar-refractivity contribution in [2.75, 3.05) is 26.1 Å². The van der Waals surface area contributed by atoms with Gasteiger partial charge in [0.2, 0.25) is 0 Å². The third-order valence-electron chi connectivity index (χ3n) is 4.06. The molecule has 1 fully saturated rings. The molecule has 0 aliphatic heterocycles. The molecule has 0 heterocycles. The Hall–Kier alpha value is -2.15. The lowest BCUT2D eigenvalue weighted by Gasteiger charge is -2.19. The van der Waals surface area contributed by atoms with Crippen molar-refractivity contribution in [3.8, 4) is 0 Å². The zero-order valence-electron chi connectivity index (χ0n) is 12.7. The van der Waals surface area contributed by atoms with E-state index in [-0.39, 0.29) is 17.4 Å². The van der Waals surface area contributed by atoms with Crippen LogP contribution in [0, 0.1) is 16.0 Å². The number of methoxy groups -OCH3 is 2. The third kappa shape index (κ3) is 3.54. The molecular weight excluding hydrogens is 288 g/mol. The number of hydrogen-bond acceptors (Lipinski definition) is 6. The second-order valence-corrected chi connectivity index (χ2v) is 5.33. The monoisotopic (exact) mass is 308 g/mol. The van der Waals surface area contributed by atoms with Crippen molar-refractivity contribution in [1.29, 1.82) is 0 Å². The van der Waals surface area contributed by atoms with E-state index in [0.29, 0.717) is 18.2 Å². The highest BCUT2D eigenvalue weighted by Gasteiger charge is 2.27. The van der Waals surface area contributed by atoms with Gasteiger partial charge in [-0.3, -0.25) is 10.1 Å².